The molecule has 0 unspecified atom stereocenters. The van der Waals surface area contributed by atoms with Gasteiger partial charge in [-0.2, -0.15) is 0 Å². The van der Waals surface area contributed by atoms with E-state index in [1.807, 2.05) is 61.1 Å². The Labute approximate surface area is 303 Å². The van der Waals surface area contributed by atoms with Crippen molar-refractivity contribution in [1.29, 1.82) is 0 Å². The summed E-state index contributed by atoms with van der Waals surface area (Å²) in [7, 11) is 0. The fourth-order valence-corrected chi connectivity index (χ4v) is 5.09. The molecule has 0 spiro atoms. The summed E-state index contributed by atoms with van der Waals surface area (Å²) in [5, 5.41) is 20.5. The van der Waals surface area contributed by atoms with Gasteiger partial charge in [-0.25, -0.2) is 4.79 Å². The molecule has 0 aromatic rings. The molecule has 2 aliphatic rings. The zero-order valence-electron chi connectivity index (χ0n) is 31.1. The monoisotopic (exact) mass is 738 g/mol. The lowest BCUT2D eigenvalue weighted by atomic mass is 10.2. The first-order valence-electron chi connectivity index (χ1n) is 16.9. The Morgan fingerprint density at radius 1 is 0.580 bits per heavy atom. The van der Waals surface area contributed by atoms with Gasteiger partial charge in [0.2, 0.25) is 0 Å². The number of alkyl carbamates (subject to hydrolysis) is 1. The van der Waals surface area contributed by atoms with Gasteiger partial charge < -0.3 is 30.7 Å². The summed E-state index contributed by atoms with van der Waals surface area (Å²) in [5.41, 5.74) is 4.54. The molecular weight excluding hydrogens is 676 g/mol. The van der Waals surface area contributed by atoms with Crippen LogP contribution >= 0.6 is 12.4 Å². The minimum atomic E-state index is -0.872. The van der Waals surface area contributed by atoms with Crippen LogP contribution in [0.25, 0.3) is 0 Å². The Bertz CT molecular complexity index is 1030. The van der Waals surface area contributed by atoms with E-state index < -0.39 is 29.2 Å². The molecular formula is C32H63ClN8O9. The summed E-state index contributed by atoms with van der Waals surface area (Å²) in [6.07, 6.45) is -0.464. The standard InChI is InChI=1S/C21H40N4O5.C11H22N4O4.ClH/c1-17(26)14-23-8-9-24(15-18(27)29-20(2,3)4)11-13-25(12-10-23)16-22-19(28)30-21(5,6)7;12-9-15-5-3-13(7-10(16)17)1-2-14(4-6-15)8-11(18)19;/h8-16H2,1-7H3,(H,22,28);1-9,12H2,(H,16,17)(H,18,19);1H. The van der Waals surface area contributed by atoms with Crippen LogP contribution in [0.2, 0.25) is 0 Å². The number of aliphatic carboxylic acids is 2. The molecule has 0 atom stereocenters. The molecule has 0 saturated carbocycles. The molecule has 2 heterocycles. The number of hydrogen-bond donors (Lipinski definition) is 4. The van der Waals surface area contributed by atoms with E-state index in [9.17, 15) is 24.0 Å². The number of carboxylic acid groups (broad SMARTS) is 2. The largest absolute Gasteiger partial charge is 0.480 e. The first-order chi connectivity index (χ1) is 22.7. The van der Waals surface area contributed by atoms with E-state index in [0.717, 1.165) is 0 Å². The molecule has 2 fully saturated rings. The van der Waals surface area contributed by atoms with Crippen molar-refractivity contribution in [3.8, 4) is 0 Å². The minimum Gasteiger partial charge on any atom is -0.480 e. The van der Waals surface area contributed by atoms with E-state index in [4.69, 9.17) is 25.4 Å². The van der Waals surface area contributed by atoms with E-state index in [1.165, 1.54) is 0 Å². The number of esters is 1. The Balaban J connectivity index is 0.00000104. The molecule has 0 bridgehead atoms. The Hall–Kier alpha value is -2.64. The normalized spacial score (nSPS) is 18.6. The second-order valence-electron chi connectivity index (χ2n) is 14.4. The highest BCUT2D eigenvalue weighted by Crippen LogP contribution is 2.09. The van der Waals surface area contributed by atoms with Gasteiger partial charge in [-0.3, -0.25) is 48.6 Å². The van der Waals surface area contributed by atoms with Crippen molar-refractivity contribution < 1.29 is 43.7 Å². The predicted octanol–water partition coefficient (Wildman–Crippen LogP) is -0.268. The molecule has 292 valence electrons. The molecule has 2 aliphatic heterocycles. The number of rotatable bonds is 11. The molecule has 1 amide bonds. The van der Waals surface area contributed by atoms with E-state index in [2.05, 4.69) is 15.1 Å². The van der Waals surface area contributed by atoms with Crippen LogP contribution in [0.1, 0.15) is 48.5 Å². The maximum absolute atomic E-state index is 12.3. The highest BCUT2D eigenvalue weighted by Gasteiger charge is 2.23. The third-order valence-corrected chi connectivity index (χ3v) is 7.44. The Morgan fingerprint density at radius 2 is 0.920 bits per heavy atom. The van der Waals surface area contributed by atoms with E-state index in [0.29, 0.717) is 98.4 Å². The number of Topliss-reactive ketones (excluding diaryl/α,β-unsaturated/α-hetero) is 1. The van der Waals surface area contributed by atoms with Crippen molar-refractivity contribution >= 4 is 42.2 Å². The number of nitrogens with two attached hydrogens (primary N) is 1. The van der Waals surface area contributed by atoms with Crippen LogP contribution in [0.4, 0.5) is 4.79 Å². The van der Waals surface area contributed by atoms with E-state index >= 15 is 0 Å². The number of carbonyl (C=O) groups is 5. The fraction of sp³-hybridized carbons (Fsp3) is 0.844. The topological polar surface area (TPSA) is 202 Å². The summed E-state index contributed by atoms with van der Waals surface area (Å²) < 4.78 is 10.8. The molecule has 0 aromatic heterocycles. The molecule has 5 N–H and O–H groups in total. The van der Waals surface area contributed by atoms with Crippen LogP contribution < -0.4 is 11.1 Å². The second kappa shape index (κ2) is 23.8. The summed E-state index contributed by atoms with van der Waals surface area (Å²) in [5.74, 6) is -1.91. The third kappa shape index (κ3) is 24.5. The van der Waals surface area contributed by atoms with Crippen molar-refractivity contribution in [2.75, 3.05) is 118 Å². The fourth-order valence-electron chi connectivity index (χ4n) is 5.09. The molecule has 18 heteroatoms. The Kier molecular flexibility index (Phi) is 22.5. The zero-order chi connectivity index (χ0) is 37.2. The van der Waals surface area contributed by atoms with Gasteiger partial charge in [0.05, 0.1) is 32.8 Å². The average molecular weight is 739 g/mol. The Morgan fingerprint density at radius 3 is 1.26 bits per heavy atom. The van der Waals surface area contributed by atoms with Crippen molar-refractivity contribution in [3.63, 3.8) is 0 Å². The molecule has 2 rings (SSSR count). The molecule has 17 nitrogen and oxygen atoms in total. The van der Waals surface area contributed by atoms with E-state index in [-0.39, 0.29) is 43.8 Å². The second-order valence-corrected chi connectivity index (χ2v) is 14.4. The van der Waals surface area contributed by atoms with Gasteiger partial charge in [-0.1, -0.05) is 0 Å². The van der Waals surface area contributed by atoms with Gasteiger partial charge in [0, 0.05) is 85.2 Å². The van der Waals surface area contributed by atoms with Crippen LogP contribution in [0.15, 0.2) is 0 Å². The van der Waals surface area contributed by atoms with E-state index in [1.54, 1.807) is 6.92 Å². The lowest BCUT2D eigenvalue weighted by molar-refractivity contribution is -0.156. The molecule has 2 saturated heterocycles. The van der Waals surface area contributed by atoms with Crippen molar-refractivity contribution in [2.45, 2.75) is 59.7 Å². The summed E-state index contributed by atoms with van der Waals surface area (Å²) in [6, 6.07) is 0. The number of ketones is 1. The lowest BCUT2D eigenvalue weighted by Gasteiger charge is -2.27. The van der Waals surface area contributed by atoms with Gasteiger partial charge in [0.25, 0.3) is 0 Å². The maximum atomic E-state index is 12.3. The molecule has 0 radical (unpaired) electrons. The highest BCUT2D eigenvalue weighted by molar-refractivity contribution is 5.85. The average Bonchev–Trinajstić information content (AvgIpc) is 3.09. The van der Waals surface area contributed by atoms with Crippen molar-refractivity contribution in [1.82, 2.24) is 34.7 Å². The first kappa shape index (κ1) is 47.4. The number of hydrogen-bond acceptors (Lipinski definition) is 14. The number of nitrogens with one attached hydrogen (secondary N) is 1. The van der Waals surface area contributed by atoms with Crippen LogP contribution in [-0.4, -0.2) is 199 Å². The number of halogens is 1. The summed E-state index contributed by atoms with van der Waals surface area (Å²) in [4.78, 5) is 69.3. The summed E-state index contributed by atoms with van der Waals surface area (Å²) >= 11 is 0. The first-order valence-corrected chi connectivity index (χ1v) is 16.9. The number of carbonyl (C=O) groups excluding carboxylic acids is 3. The molecule has 0 aliphatic carbocycles. The number of nitrogens with zero attached hydrogens (tertiary/aromatic N) is 6. The van der Waals surface area contributed by atoms with Crippen LogP contribution in [0, 0.1) is 0 Å². The van der Waals surface area contributed by atoms with Crippen molar-refractivity contribution in [2.24, 2.45) is 5.73 Å². The van der Waals surface area contributed by atoms with Crippen LogP contribution in [0.3, 0.4) is 0 Å². The number of amides is 1. The van der Waals surface area contributed by atoms with Gasteiger partial charge in [0.1, 0.15) is 17.0 Å². The third-order valence-electron chi connectivity index (χ3n) is 7.44. The minimum absolute atomic E-state index is 0. The maximum Gasteiger partial charge on any atom is 0.408 e. The van der Waals surface area contributed by atoms with Crippen molar-refractivity contribution in [3.05, 3.63) is 0 Å². The zero-order valence-corrected chi connectivity index (χ0v) is 32.0. The predicted molar refractivity (Wildman–Crippen MR) is 191 cm³/mol. The lowest BCUT2D eigenvalue weighted by Crippen LogP contribution is -2.45. The van der Waals surface area contributed by atoms with Crippen LogP contribution in [-0.2, 0) is 28.7 Å². The molecule has 50 heavy (non-hydrogen) atoms. The number of ether oxygens (including phenoxy) is 2. The van der Waals surface area contributed by atoms with Gasteiger partial charge in [-0.15, -0.1) is 12.4 Å². The highest BCUT2D eigenvalue weighted by atomic mass is 35.5. The molecule has 0 aromatic carbocycles. The summed E-state index contributed by atoms with van der Waals surface area (Å²) in [6.45, 7) is 21.7. The smallest absolute Gasteiger partial charge is 0.408 e. The van der Waals surface area contributed by atoms with Gasteiger partial charge in [0.15, 0.2) is 0 Å². The SMILES string of the molecule is CC(=O)CN1CCN(CNC(=O)OC(C)(C)C)CCN(CC(=O)OC(C)(C)C)CC1.Cl.NCN1CCN(CC(=O)O)CCN(CC(=O)O)CC1. The van der Waals surface area contributed by atoms with Gasteiger partial charge in [-0.05, 0) is 48.5 Å². The van der Waals surface area contributed by atoms with Crippen LogP contribution in [0.5, 0.6) is 0 Å². The number of carboxylic acids is 2. The quantitative estimate of drug-likeness (QED) is 0.202. The van der Waals surface area contributed by atoms with Gasteiger partial charge >= 0.3 is 24.0 Å².